The molecule has 2 aromatic carbocycles. The Bertz CT molecular complexity index is 766. The number of amides is 2. The number of urea groups is 1. The maximum Gasteiger partial charge on any atom is 0.317 e. The van der Waals surface area contributed by atoms with E-state index in [0.29, 0.717) is 38.4 Å². The summed E-state index contributed by atoms with van der Waals surface area (Å²) in [4.78, 5) is 14.6. The highest BCUT2D eigenvalue weighted by atomic mass is 16.3. The molecule has 2 aliphatic rings. The quantitative estimate of drug-likeness (QED) is 0.799. The highest BCUT2D eigenvalue weighted by Gasteiger charge is 2.45. The number of nitrogens with one attached hydrogen (secondary N) is 1. The van der Waals surface area contributed by atoms with Gasteiger partial charge in [0.15, 0.2) is 0 Å². The Hall–Kier alpha value is -2.33. The summed E-state index contributed by atoms with van der Waals surface area (Å²) >= 11 is 0. The van der Waals surface area contributed by atoms with Gasteiger partial charge in [-0.25, -0.2) is 4.79 Å². The van der Waals surface area contributed by atoms with Gasteiger partial charge in [0.2, 0.25) is 0 Å². The molecule has 0 aromatic heterocycles. The number of aliphatic hydroxyl groups is 1. The zero-order valence-corrected chi connectivity index (χ0v) is 16.4. The predicted molar refractivity (Wildman–Crippen MR) is 111 cm³/mol. The second-order valence-electron chi connectivity index (χ2n) is 8.35. The summed E-state index contributed by atoms with van der Waals surface area (Å²) in [7, 11) is 0. The highest BCUT2D eigenvalue weighted by Crippen LogP contribution is 2.44. The fourth-order valence-electron chi connectivity index (χ4n) is 4.38. The Labute approximate surface area is 167 Å². The van der Waals surface area contributed by atoms with Crippen LogP contribution in [0.2, 0.25) is 0 Å². The van der Waals surface area contributed by atoms with Crippen LogP contribution in [0.25, 0.3) is 0 Å². The molecule has 0 bridgehead atoms. The molecule has 0 radical (unpaired) electrons. The lowest BCUT2D eigenvalue weighted by Crippen LogP contribution is -2.51. The standard InChI is InChI=1S/C24H30N2O2/c27-23(26-15-13-24(28,14-16-26)22-11-12-22)25-18-21(20-9-5-2-6-10-20)17-19-7-3-1-4-8-19/h1-10,21-22,28H,11-18H2,(H,25,27). The maximum absolute atomic E-state index is 12.7. The Morgan fingerprint density at radius 3 is 2.25 bits per heavy atom. The van der Waals surface area contributed by atoms with E-state index >= 15 is 0 Å². The first-order valence-corrected chi connectivity index (χ1v) is 10.5. The third-order valence-corrected chi connectivity index (χ3v) is 6.35. The third-order valence-electron chi connectivity index (χ3n) is 6.35. The van der Waals surface area contributed by atoms with Crippen molar-refractivity contribution in [1.29, 1.82) is 0 Å². The van der Waals surface area contributed by atoms with Gasteiger partial charge in [0.05, 0.1) is 5.60 Å². The van der Waals surface area contributed by atoms with Crippen molar-refractivity contribution >= 4 is 6.03 Å². The van der Waals surface area contributed by atoms with Gasteiger partial charge in [-0.05, 0) is 49.1 Å². The van der Waals surface area contributed by atoms with Crippen molar-refractivity contribution in [2.75, 3.05) is 19.6 Å². The minimum absolute atomic E-state index is 0.00756. The molecule has 4 rings (SSSR count). The first kappa shape index (κ1) is 19.0. The van der Waals surface area contributed by atoms with Crippen LogP contribution in [0.4, 0.5) is 4.79 Å². The van der Waals surface area contributed by atoms with Gasteiger partial charge in [-0.2, -0.15) is 0 Å². The van der Waals surface area contributed by atoms with E-state index in [-0.39, 0.29) is 11.9 Å². The molecule has 4 nitrogen and oxygen atoms in total. The number of carbonyl (C=O) groups excluding carboxylic acids is 1. The number of rotatable bonds is 6. The van der Waals surface area contributed by atoms with Crippen LogP contribution in [0.5, 0.6) is 0 Å². The number of hydrogen-bond acceptors (Lipinski definition) is 2. The van der Waals surface area contributed by atoms with Crippen LogP contribution in [0, 0.1) is 5.92 Å². The zero-order chi connectivity index (χ0) is 19.4. The number of likely N-dealkylation sites (tertiary alicyclic amines) is 1. The molecule has 1 aliphatic carbocycles. The van der Waals surface area contributed by atoms with Crippen LogP contribution < -0.4 is 5.32 Å². The van der Waals surface area contributed by atoms with E-state index < -0.39 is 5.60 Å². The summed E-state index contributed by atoms with van der Waals surface area (Å²) < 4.78 is 0. The maximum atomic E-state index is 12.7. The van der Waals surface area contributed by atoms with Gasteiger partial charge in [0.25, 0.3) is 0 Å². The van der Waals surface area contributed by atoms with Gasteiger partial charge in [-0.15, -0.1) is 0 Å². The average molecular weight is 379 g/mol. The van der Waals surface area contributed by atoms with Crippen molar-refractivity contribution in [2.24, 2.45) is 5.92 Å². The molecule has 148 valence electrons. The molecule has 0 spiro atoms. The SMILES string of the molecule is O=C(NCC(Cc1ccccc1)c1ccccc1)N1CCC(O)(C2CC2)CC1. The zero-order valence-electron chi connectivity index (χ0n) is 16.4. The fourth-order valence-corrected chi connectivity index (χ4v) is 4.38. The van der Waals surface area contributed by atoms with Crippen LogP contribution in [0.15, 0.2) is 60.7 Å². The second-order valence-corrected chi connectivity index (χ2v) is 8.35. The summed E-state index contributed by atoms with van der Waals surface area (Å²) in [5.41, 5.74) is 1.99. The summed E-state index contributed by atoms with van der Waals surface area (Å²) in [5.74, 6) is 0.701. The van der Waals surface area contributed by atoms with Crippen molar-refractivity contribution in [3.8, 4) is 0 Å². The Morgan fingerprint density at radius 2 is 1.64 bits per heavy atom. The molecule has 2 amide bonds. The number of carbonyl (C=O) groups is 1. The topological polar surface area (TPSA) is 52.6 Å². The normalized spacial score (nSPS) is 19.8. The monoisotopic (exact) mass is 378 g/mol. The first-order chi connectivity index (χ1) is 13.6. The van der Waals surface area contributed by atoms with E-state index in [1.54, 1.807) is 0 Å². The van der Waals surface area contributed by atoms with Gasteiger partial charge in [-0.1, -0.05) is 60.7 Å². The molecule has 1 unspecified atom stereocenters. The molecule has 28 heavy (non-hydrogen) atoms. The Kier molecular flexibility index (Phi) is 5.67. The summed E-state index contributed by atoms with van der Waals surface area (Å²) in [5, 5.41) is 13.8. The number of piperidine rings is 1. The minimum Gasteiger partial charge on any atom is -0.389 e. The molecule has 2 aromatic rings. The van der Waals surface area contributed by atoms with E-state index in [0.717, 1.165) is 19.3 Å². The highest BCUT2D eigenvalue weighted by molar-refractivity contribution is 5.74. The molecule has 4 heteroatoms. The van der Waals surface area contributed by atoms with Gasteiger partial charge in [0, 0.05) is 25.6 Å². The lowest BCUT2D eigenvalue weighted by Gasteiger charge is -2.38. The Morgan fingerprint density at radius 1 is 1.04 bits per heavy atom. The van der Waals surface area contributed by atoms with Crippen molar-refractivity contribution in [1.82, 2.24) is 10.2 Å². The van der Waals surface area contributed by atoms with Gasteiger partial charge in [0.1, 0.15) is 0 Å². The lowest BCUT2D eigenvalue weighted by atomic mass is 9.87. The molecule has 1 saturated carbocycles. The Balaban J connectivity index is 1.35. The molecule has 2 N–H and O–H groups in total. The van der Waals surface area contributed by atoms with Crippen molar-refractivity contribution in [2.45, 2.75) is 43.6 Å². The molecule has 1 heterocycles. The minimum atomic E-state index is -0.531. The first-order valence-electron chi connectivity index (χ1n) is 10.5. The smallest absolute Gasteiger partial charge is 0.317 e. The van der Waals surface area contributed by atoms with Crippen LogP contribution in [0.1, 0.15) is 42.7 Å². The van der Waals surface area contributed by atoms with Crippen LogP contribution >= 0.6 is 0 Å². The third kappa shape index (κ3) is 4.56. The predicted octanol–water partition coefficient (Wildman–Crippen LogP) is 3.96. The van der Waals surface area contributed by atoms with E-state index in [1.165, 1.54) is 11.1 Å². The molecular weight excluding hydrogens is 348 g/mol. The number of hydrogen-bond donors (Lipinski definition) is 2. The lowest BCUT2D eigenvalue weighted by molar-refractivity contribution is -0.0307. The van der Waals surface area contributed by atoms with Crippen LogP contribution in [0.3, 0.4) is 0 Å². The van der Waals surface area contributed by atoms with Crippen molar-refractivity contribution in [3.05, 3.63) is 71.8 Å². The van der Waals surface area contributed by atoms with Crippen LogP contribution in [-0.2, 0) is 6.42 Å². The van der Waals surface area contributed by atoms with Crippen LogP contribution in [-0.4, -0.2) is 41.3 Å². The number of nitrogens with zero attached hydrogens (tertiary/aromatic N) is 1. The fraction of sp³-hybridized carbons (Fsp3) is 0.458. The largest absolute Gasteiger partial charge is 0.389 e. The summed E-state index contributed by atoms with van der Waals surface area (Å²) in [6.45, 7) is 1.90. The molecule has 1 saturated heterocycles. The second kappa shape index (κ2) is 8.36. The average Bonchev–Trinajstić information content (AvgIpc) is 3.59. The van der Waals surface area contributed by atoms with E-state index in [9.17, 15) is 9.90 Å². The molecule has 2 fully saturated rings. The van der Waals surface area contributed by atoms with E-state index in [1.807, 2.05) is 17.0 Å². The van der Waals surface area contributed by atoms with Gasteiger partial charge in [-0.3, -0.25) is 0 Å². The van der Waals surface area contributed by atoms with Crippen molar-refractivity contribution < 1.29 is 9.90 Å². The van der Waals surface area contributed by atoms with E-state index in [4.69, 9.17) is 0 Å². The van der Waals surface area contributed by atoms with Crippen molar-refractivity contribution in [3.63, 3.8) is 0 Å². The summed E-state index contributed by atoms with van der Waals surface area (Å²) in [6, 6.07) is 20.8. The summed E-state index contributed by atoms with van der Waals surface area (Å²) in [6.07, 6.45) is 4.59. The molecule has 1 atom stereocenters. The number of benzene rings is 2. The molecular formula is C24H30N2O2. The van der Waals surface area contributed by atoms with Gasteiger partial charge >= 0.3 is 6.03 Å². The molecule has 1 aliphatic heterocycles. The van der Waals surface area contributed by atoms with E-state index in [2.05, 4.69) is 53.8 Å². The van der Waals surface area contributed by atoms with Gasteiger partial charge < -0.3 is 15.3 Å².